The van der Waals surface area contributed by atoms with Crippen molar-refractivity contribution < 1.29 is 33.5 Å². The van der Waals surface area contributed by atoms with E-state index in [2.05, 4.69) is 21.1 Å². The van der Waals surface area contributed by atoms with Gasteiger partial charge in [0.15, 0.2) is 5.60 Å². The van der Waals surface area contributed by atoms with Crippen LogP contribution in [0.15, 0.2) is 29.4 Å². The minimum Gasteiger partial charge on any atom is -0.387 e. The van der Waals surface area contributed by atoms with Crippen molar-refractivity contribution in [3.8, 4) is 0 Å². The number of amides is 4. The maximum absolute atomic E-state index is 14.5. The normalized spacial score (nSPS) is 22.2. The highest BCUT2D eigenvalue weighted by Crippen LogP contribution is 2.40. The van der Waals surface area contributed by atoms with Crippen molar-refractivity contribution in [2.24, 2.45) is 16.5 Å². The Kier molecular flexibility index (Phi) is 13.2. The SMILES string of the molecule is CCC[C@H](NC(=O)[C@@H]1C[C@]2(CC(c3cccc(Cl)c3)=NO2)CN1C(=O)[C@@H](NC(=O)CC1CCCCC1)C(C)(C)C)C(=O)C(=O)NCCOC. The van der Waals surface area contributed by atoms with Crippen molar-refractivity contribution >= 4 is 46.7 Å². The monoisotopic (exact) mass is 701 g/mol. The van der Waals surface area contributed by atoms with Crippen LogP contribution in [0.1, 0.15) is 97.5 Å². The Balaban J connectivity index is 1.59. The number of ketones is 1. The van der Waals surface area contributed by atoms with Gasteiger partial charge in [-0.3, -0.25) is 24.0 Å². The van der Waals surface area contributed by atoms with Crippen LogP contribution in [0, 0.1) is 11.3 Å². The molecule has 270 valence electrons. The lowest BCUT2D eigenvalue weighted by molar-refractivity contribution is -0.145. The van der Waals surface area contributed by atoms with E-state index < -0.39 is 52.6 Å². The number of halogens is 1. The minimum atomic E-state index is -1.09. The minimum absolute atomic E-state index is 0.0342. The van der Waals surface area contributed by atoms with E-state index >= 15 is 0 Å². The van der Waals surface area contributed by atoms with Gasteiger partial charge in [-0.05, 0) is 42.7 Å². The molecule has 13 heteroatoms. The van der Waals surface area contributed by atoms with Crippen molar-refractivity contribution in [1.29, 1.82) is 0 Å². The molecule has 0 unspecified atom stereocenters. The number of methoxy groups -OCH3 is 1. The summed E-state index contributed by atoms with van der Waals surface area (Å²) in [4.78, 5) is 75.3. The molecular formula is C36H52ClN5O7. The van der Waals surface area contributed by atoms with Crippen LogP contribution in [-0.4, -0.2) is 90.6 Å². The number of hydrogen-bond acceptors (Lipinski definition) is 8. The second-order valence-electron chi connectivity index (χ2n) is 14.7. The van der Waals surface area contributed by atoms with Gasteiger partial charge in [-0.25, -0.2) is 0 Å². The van der Waals surface area contributed by atoms with E-state index in [1.807, 2.05) is 39.8 Å². The highest BCUT2D eigenvalue weighted by molar-refractivity contribution is 6.38. The maximum atomic E-state index is 14.5. The van der Waals surface area contributed by atoms with Gasteiger partial charge >= 0.3 is 0 Å². The molecule has 49 heavy (non-hydrogen) atoms. The summed E-state index contributed by atoms with van der Waals surface area (Å²) in [7, 11) is 1.49. The first-order valence-electron chi connectivity index (χ1n) is 17.5. The molecule has 1 aromatic carbocycles. The lowest BCUT2D eigenvalue weighted by Crippen LogP contribution is -2.59. The van der Waals surface area contributed by atoms with Gasteiger partial charge in [0.05, 0.1) is 24.9 Å². The predicted molar refractivity (Wildman–Crippen MR) is 186 cm³/mol. The van der Waals surface area contributed by atoms with E-state index in [0.29, 0.717) is 30.0 Å². The second kappa shape index (κ2) is 16.9. The Labute approximate surface area is 294 Å². The Morgan fingerprint density at radius 2 is 1.86 bits per heavy atom. The maximum Gasteiger partial charge on any atom is 0.289 e. The Hall–Kier alpha value is -3.51. The highest BCUT2D eigenvalue weighted by Gasteiger charge is 2.55. The van der Waals surface area contributed by atoms with Crippen LogP contribution in [0.5, 0.6) is 0 Å². The molecule has 1 spiro atoms. The molecule has 12 nitrogen and oxygen atoms in total. The van der Waals surface area contributed by atoms with E-state index in [1.54, 1.807) is 12.1 Å². The number of nitrogens with zero attached hydrogens (tertiary/aromatic N) is 2. The van der Waals surface area contributed by atoms with Crippen LogP contribution < -0.4 is 16.0 Å². The number of ether oxygens (including phenoxy) is 1. The number of benzene rings is 1. The predicted octanol–water partition coefficient (Wildman–Crippen LogP) is 3.92. The summed E-state index contributed by atoms with van der Waals surface area (Å²) in [5.41, 5.74) is -0.302. The number of carbonyl (C=O) groups excluding carboxylic acids is 5. The molecule has 2 aliphatic heterocycles. The van der Waals surface area contributed by atoms with E-state index in [9.17, 15) is 24.0 Å². The molecule has 4 amide bonds. The standard InChI is InChI=1S/C36H52ClN5O7/c1-6-11-26(30(44)33(46)38-16-17-48-5)39-32(45)28-21-36(20-27(41-49-36)24-14-10-15-25(37)19-24)22-42(28)34(47)31(35(2,3)4)40-29(43)18-23-12-8-7-9-13-23/h10,14-15,19,23,26,28,31H,6-9,11-13,16-18,20-22H2,1-5H3,(H,38,46)(H,39,45)(H,40,43)/t26-,28-,31+,36+/m0/s1. The van der Waals surface area contributed by atoms with Crippen LogP contribution in [0.3, 0.4) is 0 Å². The molecule has 4 rings (SSSR count). The third-order valence-electron chi connectivity index (χ3n) is 9.63. The smallest absolute Gasteiger partial charge is 0.289 e. The Morgan fingerprint density at radius 1 is 1.12 bits per heavy atom. The number of rotatable bonds is 14. The van der Waals surface area contributed by atoms with Crippen molar-refractivity contribution in [3.63, 3.8) is 0 Å². The average Bonchev–Trinajstić information content (AvgIpc) is 3.66. The van der Waals surface area contributed by atoms with Crippen molar-refractivity contribution in [1.82, 2.24) is 20.9 Å². The fourth-order valence-electron chi connectivity index (χ4n) is 6.98. The number of oxime groups is 1. The van der Waals surface area contributed by atoms with Gasteiger partial charge in [0.2, 0.25) is 23.5 Å². The fourth-order valence-corrected chi connectivity index (χ4v) is 7.17. The molecule has 4 atom stereocenters. The summed E-state index contributed by atoms with van der Waals surface area (Å²) in [5, 5.41) is 13.2. The first kappa shape index (κ1) is 38.3. The van der Waals surface area contributed by atoms with Crippen LogP contribution in [0.2, 0.25) is 5.02 Å². The largest absolute Gasteiger partial charge is 0.387 e. The highest BCUT2D eigenvalue weighted by atomic mass is 35.5. The molecule has 0 aromatic heterocycles. The molecule has 0 bridgehead atoms. The number of carbonyl (C=O) groups is 5. The summed E-state index contributed by atoms with van der Waals surface area (Å²) in [6.07, 6.45) is 6.87. The Morgan fingerprint density at radius 3 is 2.51 bits per heavy atom. The molecule has 1 saturated heterocycles. The quantitative estimate of drug-likeness (QED) is 0.196. The summed E-state index contributed by atoms with van der Waals surface area (Å²) in [6.45, 7) is 7.89. The number of nitrogens with one attached hydrogen (secondary N) is 3. The van der Waals surface area contributed by atoms with Crippen LogP contribution in [0.25, 0.3) is 0 Å². The van der Waals surface area contributed by atoms with Gasteiger partial charge in [-0.2, -0.15) is 0 Å². The van der Waals surface area contributed by atoms with Crippen LogP contribution >= 0.6 is 11.6 Å². The van der Waals surface area contributed by atoms with Crippen molar-refractivity contribution in [3.05, 3.63) is 34.9 Å². The van der Waals surface area contributed by atoms with E-state index in [-0.39, 0.29) is 44.4 Å². The number of Topliss-reactive ketones (excluding diaryl/α,β-unsaturated/α-hetero) is 1. The van der Waals surface area contributed by atoms with Crippen molar-refractivity contribution in [2.75, 3.05) is 26.8 Å². The first-order valence-corrected chi connectivity index (χ1v) is 17.9. The summed E-state index contributed by atoms with van der Waals surface area (Å²) in [5.74, 6) is -2.50. The third-order valence-corrected chi connectivity index (χ3v) is 9.86. The molecule has 2 heterocycles. The van der Waals surface area contributed by atoms with E-state index in [1.165, 1.54) is 18.4 Å². The zero-order valence-corrected chi connectivity index (χ0v) is 30.2. The molecule has 1 saturated carbocycles. The zero-order chi connectivity index (χ0) is 35.8. The molecule has 1 aromatic rings. The molecule has 0 radical (unpaired) electrons. The molecule has 1 aliphatic carbocycles. The van der Waals surface area contributed by atoms with Crippen LogP contribution in [0.4, 0.5) is 0 Å². The van der Waals surface area contributed by atoms with Gasteiger partial charge in [0.25, 0.3) is 5.91 Å². The topological polar surface area (TPSA) is 155 Å². The van der Waals surface area contributed by atoms with E-state index in [4.69, 9.17) is 21.2 Å². The van der Waals surface area contributed by atoms with Gasteiger partial charge in [-0.1, -0.05) is 82.3 Å². The molecule has 2 fully saturated rings. The second-order valence-corrected chi connectivity index (χ2v) is 15.2. The van der Waals surface area contributed by atoms with Gasteiger partial charge in [0.1, 0.15) is 12.1 Å². The van der Waals surface area contributed by atoms with Gasteiger partial charge < -0.3 is 30.4 Å². The molecule has 3 N–H and O–H groups in total. The van der Waals surface area contributed by atoms with Gasteiger partial charge in [-0.15, -0.1) is 0 Å². The summed E-state index contributed by atoms with van der Waals surface area (Å²) in [6, 6.07) is 4.14. The lowest BCUT2D eigenvalue weighted by atomic mass is 9.84. The lowest BCUT2D eigenvalue weighted by Gasteiger charge is -2.36. The fraction of sp³-hybridized carbons (Fsp3) is 0.667. The third kappa shape index (κ3) is 10.0. The zero-order valence-electron chi connectivity index (χ0n) is 29.4. The number of likely N-dealkylation sites (tertiary alicyclic amines) is 1. The Bertz CT molecular complexity index is 1410. The number of hydrogen-bond donors (Lipinski definition) is 3. The summed E-state index contributed by atoms with van der Waals surface area (Å²) >= 11 is 6.24. The molecule has 3 aliphatic rings. The van der Waals surface area contributed by atoms with Crippen molar-refractivity contribution in [2.45, 2.75) is 116 Å². The van der Waals surface area contributed by atoms with Crippen LogP contribution in [-0.2, 0) is 33.5 Å². The van der Waals surface area contributed by atoms with Gasteiger partial charge in [0, 0.05) is 43.5 Å². The molecular weight excluding hydrogens is 650 g/mol. The first-order chi connectivity index (χ1) is 23.3. The average molecular weight is 702 g/mol. The summed E-state index contributed by atoms with van der Waals surface area (Å²) < 4.78 is 4.95. The van der Waals surface area contributed by atoms with E-state index in [0.717, 1.165) is 31.2 Å².